The molecule has 0 spiro atoms. The summed E-state index contributed by atoms with van der Waals surface area (Å²) in [6.45, 7) is 1.13. The van der Waals surface area contributed by atoms with Gasteiger partial charge in [-0.05, 0) is 17.7 Å². The number of carbonyl (C=O) groups excluding carboxylic acids is 1. The summed E-state index contributed by atoms with van der Waals surface area (Å²) in [5.41, 5.74) is 1.05. The van der Waals surface area contributed by atoms with Gasteiger partial charge in [0, 0.05) is 13.1 Å². The first-order valence-corrected chi connectivity index (χ1v) is 7.40. The number of hydrogen-bond donors (Lipinski definition) is 1. The molecule has 0 saturated heterocycles. The molecule has 4 heteroatoms. The van der Waals surface area contributed by atoms with E-state index in [0.29, 0.717) is 26.1 Å². The molecule has 0 aliphatic carbocycles. The minimum atomic E-state index is -0.0435. The predicted molar refractivity (Wildman–Crippen MR) is 85.5 cm³/mol. The van der Waals surface area contributed by atoms with Crippen LogP contribution in [0, 0.1) is 0 Å². The van der Waals surface area contributed by atoms with E-state index < -0.39 is 0 Å². The number of carbonyl (C=O) groups is 1. The van der Waals surface area contributed by atoms with E-state index in [2.05, 4.69) is 0 Å². The van der Waals surface area contributed by atoms with Crippen molar-refractivity contribution in [3.8, 4) is 5.75 Å². The number of aliphatic hydroxyl groups excluding tert-OH is 1. The molecule has 2 aromatic rings. The Morgan fingerprint density at radius 1 is 1.00 bits per heavy atom. The molecule has 0 bridgehead atoms. The van der Waals surface area contributed by atoms with Crippen molar-refractivity contribution in [3.63, 3.8) is 0 Å². The van der Waals surface area contributed by atoms with Crippen LogP contribution in [0.4, 0.5) is 0 Å². The van der Waals surface area contributed by atoms with Crippen LogP contribution in [0.1, 0.15) is 12.0 Å². The molecule has 0 heterocycles. The van der Waals surface area contributed by atoms with Crippen molar-refractivity contribution in [1.29, 1.82) is 0 Å². The second-order valence-corrected chi connectivity index (χ2v) is 4.94. The lowest BCUT2D eigenvalue weighted by Gasteiger charge is -2.22. The fourth-order valence-electron chi connectivity index (χ4n) is 2.15. The van der Waals surface area contributed by atoms with E-state index in [9.17, 15) is 4.79 Å². The minimum Gasteiger partial charge on any atom is -0.493 e. The third kappa shape index (κ3) is 5.22. The Bertz CT molecular complexity index is 557. The van der Waals surface area contributed by atoms with Gasteiger partial charge < -0.3 is 14.7 Å². The molecule has 0 fully saturated rings. The van der Waals surface area contributed by atoms with E-state index in [-0.39, 0.29) is 12.5 Å². The maximum Gasteiger partial charge on any atom is 0.226 e. The summed E-state index contributed by atoms with van der Waals surface area (Å²) >= 11 is 0. The number of aliphatic hydroxyl groups is 1. The van der Waals surface area contributed by atoms with Crippen LogP contribution in [0.25, 0.3) is 0 Å². The largest absolute Gasteiger partial charge is 0.493 e. The minimum absolute atomic E-state index is 0.0196. The highest BCUT2D eigenvalue weighted by atomic mass is 16.5. The lowest BCUT2D eigenvalue weighted by atomic mass is 10.2. The Hall–Kier alpha value is -2.33. The highest BCUT2D eigenvalue weighted by Crippen LogP contribution is 2.10. The zero-order valence-corrected chi connectivity index (χ0v) is 12.5. The number of benzene rings is 2. The molecule has 4 nitrogen and oxygen atoms in total. The summed E-state index contributed by atoms with van der Waals surface area (Å²) < 4.78 is 5.55. The Balaban J connectivity index is 1.84. The molecule has 0 radical (unpaired) electrons. The van der Waals surface area contributed by atoms with E-state index in [0.717, 1.165) is 11.3 Å². The smallest absolute Gasteiger partial charge is 0.226 e. The summed E-state index contributed by atoms with van der Waals surface area (Å²) in [7, 11) is 0. The number of rotatable bonds is 8. The van der Waals surface area contributed by atoms with Crippen molar-refractivity contribution in [2.45, 2.75) is 13.0 Å². The quantitative estimate of drug-likeness (QED) is 0.814. The van der Waals surface area contributed by atoms with E-state index in [1.807, 2.05) is 60.7 Å². The second-order valence-electron chi connectivity index (χ2n) is 4.94. The molecule has 0 aliphatic rings. The number of nitrogens with zero attached hydrogens (tertiary/aromatic N) is 1. The van der Waals surface area contributed by atoms with Crippen LogP contribution in [-0.4, -0.2) is 35.7 Å². The fourth-order valence-corrected chi connectivity index (χ4v) is 2.15. The molecule has 0 atom stereocenters. The molecule has 2 aromatic carbocycles. The molecule has 0 aromatic heterocycles. The third-order valence-corrected chi connectivity index (χ3v) is 3.27. The average Bonchev–Trinajstić information content (AvgIpc) is 2.56. The van der Waals surface area contributed by atoms with Gasteiger partial charge in [-0.25, -0.2) is 0 Å². The lowest BCUT2D eigenvalue weighted by molar-refractivity contribution is -0.132. The van der Waals surface area contributed by atoms with Gasteiger partial charge in [0.15, 0.2) is 0 Å². The van der Waals surface area contributed by atoms with Gasteiger partial charge in [0.1, 0.15) is 5.75 Å². The maximum atomic E-state index is 12.3. The molecule has 0 aliphatic heterocycles. The van der Waals surface area contributed by atoms with Gasteiger partial charge in [0.05, 0.1) is 19.6 Å². The van der Waals surface area contributed by atoms with E-state index >= 15 is 0 Å². The monoisotopic (exact) mass is 299 g/mol. The first kappa shape index (κ1) is 16.0. The topological polar surface area (TPSA) is 49.8 Å². The highest BCUT2D eigenvalue weighted by Gasteiger charge is 2.13. The van der Waals surface area contributed by atoms with Crippen LogP contribution in [-0.2, 0) is 11.3 Å². The Kier molecular flexibility index (Phi) is 6.45. The van der Waals surface area contributed by atoms with Gasteiger partial charge in [-0.3, -0.25) is 4.79 Å². The van der Waals surface area contributed by atoms with Crippen molar-refractivity contribution >= 4 is 5.91 Å². The molecule has 1 amide bonds. The zero-order chi connectivity index (χ0) is 15.6. The SMILES string of the molecule is O=C(CCOc1ccccc1)N(CCO)Cc1ccccc1. The number of hydrogen-bond acceptors (Lipinski definition) is 3. The summed E-state index contributed by atoms with van der Waals surface area (Å²) in [6.07, 6.45) is 0.293. The first-order chi connectivity index (χ1) is 10.8. The summed E-state index contributed by atoms with van der Waals surface area (Å²) in [5, 5.41) is 9.14. The van der Waals surface area contributed by atoms with E-state index in [1.165, 1.54) is 0 Å². The molecule has 0 saturated carbocycles. The number of ether oxygens (including phenoxy) is 1. The number of para-hydroxylation sites is 1. The molecular weight excluding hydrogens is 278 g/mol. The Morgan fingerprint density at radius 3 is 2.27 bits per heavy atom. The van der Waals surface area contributed by atoms with Gasteiger partial charge in [-0.1, -0.05) is 48.5 Å². The standard InChI is InChI=1S/C18H21NO3/c20-13-12-19(15-16-7-3-1-4-8-16)18(21)11-14-22-17-9-5-2-6-10-17/h1-10,20H,11-15H2. The summed E-state index contributed by atoms with van der Waals surface area (Å²) in [5.74, 6) is 0.737. The Morgan fingerprint density at radius 2 is 1.64 bits per heavy atom. The summed E-state index contributed by atoms with van der Waals surface area (Å²) in [6, 6.07) is 19.2. The third-order valence-electron chi connectivity index (χ3n) is 3.27. The Labute approximate surface area is 131 Å². The van der Waals surface area contributed by atoms with Crippen LogP contribution in [0.5, 0.6) is 5.75 Å². The van der Waals surface area contributed by atoms with E-state index in [4.69, 9.17) is 9.84 Å². The van der Waals surface area contributed by atoms with Crippen molar-refractivity contribution in [1.82, 2.24) is 4.90 Å². The van der Waals surface area contributed by atoms with Crippen LogP contribution < -0.4 is 4.74 Å². The van der Waals surface area contributed by atoms with Gasteiger partial charge in [0.25, 0.3) is 0 Å². The summed E-state index contributed by atoms with van der Waals surface area (Å²) in [4.78, 5) is 13.9. The fraction of sp³-hybridized carbons (Fsp3) is 0.278. The van der Waals surface area contributed by atoms with Gasteiger partial charge >= 0.3 is 0 Å². The van der Waals surface area contributed by atoms with Crippen LogP contribution >= 0.6 is 0 Å². The first-order valence-electron chi connectivity index (χ1n) is 7.40. The van der Waals surface area contributed by atoms with Gasteiger partial charge in [-0.15, -0.1) is 0 Å². The van der Waals surface area contributed by atoms with Crippen molar-refractivity contribution < 1.29 is 14.6 Å². The average molecular weight is 299 g/mol. The second kappa shape index (κ2) is 8.85. The molecule has 2 rings (SSSR count). The predicted octanol–water partition coefficient (Wildman–Crippen LogP) is 2.48. The van der Waals surface area contributed by atoms with Crippen LogP contribution in [0.15, 0.2) is 60.7 Å². The normalized spacial score (nSPS) is 10.2. The van der Waals surface area contributed by atoms with Crippen LogP contribution in [0.3, 0.4) is 0 Å². The van der Waals surface area contributed by atoms with E-state index in [1.54, 1.807) is 4.90 Å². The number of amides is 1. The lowest BCUT2D eigenvalue weighted by Crippen LogP contribution is -2.33. The maximum absolute atomic E-state index is 12.3. The highest BCUT2D eigenvalue weighted by molar-refractivity contribution is 5.76. The van der Waals surface area contributed by atoms with Crippen molar-refractivity contribution in [3.05, 3.63) is 66.2 Å². The van der Waals surface area contributed by atoms with Crippen LogP contribution in [0.2, 0.25) is 0 Å². The molecule has 116 valence electrons. The zero-order valence-electron chi connectivity index (χ0n) is 12.5. The van der Waals surface area contributed by atoms with Crippen molar-refractivity contribution in [2.24, 2.45) is 0 Å². The molecule has 1 N–H and O–H groups in total. The molecular formula is C18H21NO3. The molecule has 22 heavy (non-hydrogen) atoms. The van der Waals surface area contributed by atoms with Gasteiger partial charge in [-0.2, -0.15) is 0 Å². The van der Waals surface area contributed by atoms with Gasteiger partial charge in [0.2, 0.25) is 5.91 Å². The van der Waals surface area contributed by atoms with Crippen molar-refractivity contribution in [2.75, 3.05) is 19.8 Å². The molecule has 0 unspecified atom stereocenters.